The second-order valence-electron chi connectivity index (χ2n) is 7.19. The third-order valence-electron chi connectivity index (χ3n) is 4.89. The molecule has 6 heteroatoms. The van der Waals surface area contributed by atoms with E-state index in [9.17, 15) is 9.59 Å². The highest BCUT2D eigenvalue weighted by molar-refractivity contribution is 5.99. The molecule has 0 spiro atoms. The number of carbonyl (C=O) groups excluding carboxylic acids is 2. The first kappa shape index (κ1) is 18.4. The zero-order chi connectivity index (χ0) is 18.4. The van der Waals surface area contributed by atoms with Gasteiger partial charge in [-0.3, -0.25) is 9.59 Å². The molecule has 6 nitrogen and oxygen atoms in total. The van der Waals surface area contributed by atoms with Crippen molar-refractivity contribution in [1.29, 1.82) is 0 Å². The Balaban J connectivity index is 1.43. The van der Waals surface area contributed by atoms with Crippen molar-refractivity contribution >= 4 is 23.2 Å². The molecule has 3 rings (SSSR count). The summed E-state index contributed by atoms with van der Waals surface area (Å²) in [5.74, 6) is 0.160. The van der Waals surface area contributed by atoms with Crippen LogP contribution in [0.3, 0.4) is 0 Å². The number of carbonyl (C=O) groups is 2. The number of amides is 2. The molecule has 0 aliphatic heterocycles. The summed E-state index contributed by atoms with van der Waals surface area (Å²) in [6.45, 7) is 1.76. The quantitative estimate of drug-likeness (QED) is 0.581. The Bertz CT molecular complexity index is 659. The van der Waals surface area contributed by atoms with E-state index in [2.05, 4.69) is 15.8 Å². The average molecular weight is 357 g/mol. The van der Waals surface area contributed by atoms with E-state index in [-0.39, 0.29) is 30.4 Å². The molecule has 2 N–H and O–H groups in total. The van der Waals surface area contributed by atoms with E-state index in [0.29, 0.717) is 5.71 Å². The van der Waals surface area contributed by atoms with Crippen LogP contribution >= 0.6 is 0 Å². The van der Waals surface area contributed by atoms with Crippen LogP contribution in [0.15, 0.2) is 29.4 Å². The zero-order valence-corrected chi connectivity index (χ0v) is 15.3. The maximum Gasteiger partial charge on any atom is 0.260 e. The first-order valence-electron chi connectivity index (χ1n) is 9.49. The van der Waals surface area contributed by atoms with Crippen molar-refractivity contribution in [2.45, 2.75) is 57.9 Å². The number of hydrogen-bond acceptors (Lipinski definition) is 4. The van der Waals surface area contributed by atoms with Crippen molar-refractivity contribution in [3.05, 3.63) is 29.8 Å². The number of oxime groups is 1. The van der Waals surface area contributed by atoms with Crippen LogP contribution in [0.1, 0.15) is 57.4 Å². The number of anilines is 1. The molecule has 0 saturated heterocycles. The monoisotopic (exact) mass is 357 g/mol. The minimum atomic E-state index is -0.119. The summed E-state index contributed by atoms with van der Waals surface area (Å²) in [6, 6.07) is 7.75. The minimum Gasteiger partial charge on any atom is -0.385 e. The molecular weight excluding hydrogens is 330 g/mol. The topological polar surface area (TPSA) is 79.8 Å². The molecule has 2 amide bonds. The predicted molar refractivity (Wildman–Crippen MR) is 101 cm³/mol. The zero-order valence-electron chi connectivity index (χ0n) is 15.3. The van der Waals surface area contributed by atoms with Crippen molar-refractivity contribution < 1.29 is 14.4 Å². The summed E-state index contributed by atoms with van der Waals surface area (Å²) in [4.78, 5) is 28.8. The molecule has 140 valence electrons. The van der Waals surface area contributed by atoms with Gasteiger partial charge in [0.1, 0.15) is 0 Å². The normalized spacial score (nSPS) is 18.3. The number of rotatable bonds is 7. The van der Waals surface area contributed by atoms with Gasteiger partial charge < -0.3 is 15.5 Å². The standard InChI is InChI=1S/C20H27N3O3/c1-14(23-26-13-19(24)21-17-5-3-2-4-6-17)15-9-11-18(12-10-15)22-20(25)16-7-8-16/h9-12,16-17H,2-8,13H2,1H3,(H,21,24)(H,22,25)/b23-14+. The van der Waals surface area contributed by atoms with Gasteiger partial charge in [-0.15, -0.1) is 0 Å². The fourth-order valence-corrected chi connectivity index (χ4v) is 3.14. The van der Waals surface area contributed by atoms with E-state index >= 15 is 0 Å². The molecule has 0 bridgehead atoms. The number of benzene rings is 1. The van der Waals surface area contributed by atoms with Gasteiger partial charge in [0.25, 0.3) is 5.91 Å². The summed E-state index contributed by atoms with van der Waals surface area (Å²) in [5, 5.41) is 9.93. The lowest BCUT2D eigenvalue weighted by atomic mass is 9.95. The number of hydrogen-bond donors (Lipinski definition) is 2. The molecule has 1 aromatic rings. The molecule has 0 heterocycles. The van der Waals surface area contributed by atoms with Gasteiger partial charge in [-0.25, -0.2) is 0 Å². The van der Waals surface area contributed by atoms with Gasteiger partial charge in [-0.05, 0) is 50.3 Å². The van der Waals surface area contributed by atoms with Crippen LogP contribution in [0.4, 0.5) is 5.69 Å². The molecule has 26 heavy (non-hydrogen) atoms. The fourth-order valence-electron chi connectivity index (χ4n) is 3.14. The summed E-state index contributed by atoms with van der Waals surface area (Å²) in [7, 11) is 0. The Morgan fingerprint density at radius 2 is 1.77 bits per heavy atom. The van der Waals surface area contributed by atoms with Gasteiger partial charge in [0.2, 0.25) is 5.91 Å². The molecule has 0 atom stereocenters. The molecule has 2 aliphatic rings. The summed E-state index contributed by atoms with van der Waals surface area (Å²) in [5.41, 5.74) is 2.36. The summed E-state index contributed by atoms with van der Waals surface area (Å²) in [6.07, 6.45) is 7.70. The van der Waals surface area contributed by atoms with Crippen LogP contribution in [0.2, 0.25) is 0 Å². The Labute approximate surface area is 154 Å². The highest BCUT2D eigenvalue weighted by Gasteiger charge is 2.29. The van der Waals surface area contributed by atoms with Crippen LogP contribution < -0.4 is 10.6 Å². The SMILES string of the molecule is C/C(=N\OCC(=O)NC1CCCCC1)c1ccc(NC(=O)C2CC2)cc1. The molecule has 0 unspecified atom stereocenters. The molecule has 0 radical (unpaired) electrons. The Hall–Kier alpha value is -2.37. The fraction of sp³-hybridized carbons (Fsp3) is 0.550. The van der Waals surface area contributed by atoms with Crippen LogP contribution in [-0.2, 0) is 14.4 Å². The van der Waals surface area contributed by atoms with E-state index in [0.717, 1.165) is 36.9 Å². The van der Waals surface area contributed by atoms with Crippen LogP contribution in [0, 0.1) is 5.92 Å². The highest BCUT2D eigenvalue weighted by atomic mass is 16.6. The summed E-state index contributed by atoms with van der Waals surface area (Å²) < 4.78 is 0. The third-order valence-corrected chi connectivity index (χ3v) is 4.89. The Morgan fingerprint density at radius 3 is 2.42 bits per heavy atom. The Kier molecular flexibility index (Phi) is 6.26. The number of nitrogens with zero attached hydrogens (tertiary/aromatic N) is 1. The molecule has 2 aliphatic carbocycles. The van der Waals surface area contributed by atoms with Gasteiger partial charge >= 0.3 is 0 Å². The minimum absolute atomic E-state index is 0.0661. The van der Waals surface area contributed by atoms with E-state index in [1.807, 2.05) is 31.2 Å². The van der Waals surface area contributed by atoms with Crippen LogP contribution in [-0.4, -0.2) is 30.2 Å². The van der Waals surface area contributed by atoms with Crippen molar-refractivity contribution in [2.24, 2.45) is 11.1 Å². The smallest absolute Gasteiger partial charge is 0.260 e. The van der Waals surface area contributed by atoms with E-state index in [1.165, 1.54) is 19.3 Å². The van der Waals surface area contributed by atoms with E-state index in [4.69, 9.17) is 4.84 Å². The second-order valence-corrected chi connectivity index (χ2v) is 7.19. The maximum absolute atomic E-state index is 11.9. The molecule has 0 aromatic heterocycles. The Morgan fingerprint density at radius 1 is 1.08 bits per heavy atom. The van der Waals surface area contributed by atoms with Crippen molar-refractivity contribution in [1.82, 2.24) is 5.32 Å². The largest absolute Gasteiger partial charge is 0.385 e. The lowest BCUT2D eigenvalue weighted by Gasteiger charge is -2.22. The lowest BCUT2D eigenvalue weighted by molar-refractivity contribution is -0.126. The van der Waals surface area contributed by atoms with E-state index < -0.39 is 0 Å². The first-order chi connectivity index (χ1) is 12.6. The molecular formula is C20H27N3O3. The van der Waals surface area contributed by atoms with Crippen LogP contribution in [0.25, 0.3) is 0 Å². The average Bonchev–Trinajstić information content (AvgIpc) is 3.48. The van der Waals surface area contributed by atoms with E-state index in [1.54, 1.807) is 0 Å². The van der Waals surface area contributed by atoms with Crippen molar-refractivity contribution in [3.63, 3.8) is 0 Å². The molecule has 1 aromatic carbocycles. The number of nitrogens with one attached hydrogen (secondary N) is 2. The third kappa shape index (κ3) is 5.58. The van der Waals surface area contributed by atoms with Gasteiger partial charge in [-0.2, -0.15) is 0 Å². The van der Waals surface area contributed by atoms with Crippen LogP contribution in [0.5, 0.6) is 0 Å². The highest BCUT2D eigenvalue weighted by Crippen LogP contribution is 2.30. The van der Waals surface area contributed by atoms with Gasteiger partial charge in [0, 0.05) is 17.6 Å². The van der Waals surface area contributed by atoms with Gasteiger partial charge in [0.15, 0.2) is 6.61 Å². The lowest BCUT2D eigenvalue weighted by Crippen LogP contribution is -2.38. The summed E-state index contributed by atoms with van der Waals surface area (Å²) >= 11 is 0. The molecule has 2 saturated carbocycles. The van der Waals surface area contributed by atoms with Gasteiger partial charge in [-0.1, -0.05) is 36.6 Å². The van der Waals surface area contributed by atoms with Crippen molar-refractivity contribution in [3.8, 4) is 0 Å². The maximum atomic E-state index is 11.9. The molecule has 2 fully saturated rings. The van der Waals surface area contributed by atoms with Crippen molar-refractivity contribution in [2.75, 3.05) is 11.9 Å². The second kappa shape index (κ2) is 8.83. The predicted octanol–water partition coefficient (Wildman–Crippen LogP) is 3.22. The first-order valence-corrected chi connectivity index (χ1v) is 9.49. The van der Waals surface area contributed by atoms with Gasteiger partial charge in [0.05, 0.1) is 5.71 Å².